The van der Waals surface area contributed by atoms with Gasteiger partial charge < -0.3 is 4.74 Å². The number of ether oxygens (including phenoxy) is 1. The summed E-state index contributed by atoms with van der Waals surface area (Å²) in [5.74, 6) is -0.289. The Balaban J connectivity index is 2.31. The third-order valence-corrected chi connectivity index (χ3v) is 3.22. The lowest BCUT2D eigenvalue weighted by atomic mass is 10.0. The van der Waals surface area contributed by atoms with Crippen LogP contribution >= 0.6 is 15.9 Å². The van der Waals surface area contributed by atoms with Gasteiger partial charge in [0.15, 0.2) is 5.78 Å². The molecular formula is C15H11BrO3. The van der Waals surface area contributed by atoms with E-state index >= 15 is 0 Å². The molecule has 0 radical (unpaired) electrons. The molecule has 0 bridgehead atoms. The van der Waals surface area contributed by atoms with E-state index in [9.17, 15) is 9.59 Å². The van der Waals surface area contributed by atoms with Crippen LogP contribution in [0.5, 0.6) is 5.75 Å². The van der Waals surface area contributed by atoms with Gasteiger partial charge >= 0.3 is 5.97 Å². The predicted octanol–water partition coefficient (Wildman–Crippen LogP) is 3.87. The molecule has 2 aromatic carbocycles. The fourth-order valence-electron chi connectivity index (χ4n) is 1.65. The molecule has 0 heterocycles. The van der Waals surface area contributed by atoms with Crippen molar-refractivity contribution in [2.24, 2.45) is 0 Å². The molecule has 0 fully saturated rings. The Morgan fingerprint density at radius 1 is 0.947 bits per heavy atom. The molecule has 19 heavy (non-hydrogen) atoms. The van der Waals surface area contributed by atoms with Crippen molar-refractivity contribution in [1.82, 2.24) is 0 Å². The molecular weight excluding hydrogens is 308 g/mol. The maximum Gasteiger partial charge on any atom is 0.344 e. The zero-order chi connectivity index (χ0) is 13.8. The first-order valence-electron chi connectivity index (χ1n) is 5.66. The second kappa shape index (κ2) is 5.80. The van der Waals surface area contributed by atoms with Gasteiger partial charge in [0.2, 0.25) is 0 Å². The molecule has 96 valence electrons. The third kappa shape index (κ3) is 3.09. The highest BCUT2D eigenvalue weighted by atomic mass is 79.9. The highest BCUT2D eigenvalue weighted by molar-refractivity contribution is 9.10. The minimum atomic E-state index is -0.544. The van der Waals surface area contributed by atoms with Crippen LogP contribution in [0.15, 0.2) is 53.0 Å². The van der Waals surface area contributed by atoms with E-state index in [-0.39, 0.29) is 11.3 Å². The van der Waals surface area contributed by atoms with Gasteiger partial charge in [0, 0.05) is 5.56 Å². The van der Waals surface area contributed by atoms with Crippen LogP contribution in [-0.2, 0) is 0 Å². The Hall–Kier alpha value is -1.94. The van der Waals surface area contributed by atoms with E-state index in [1.807, 2.05) is 6.07 Å². The van der Waals surface area contributed by atoms with Crippen molar-refractivity contribution in [2.45, 2.75) is 6.92 Å². The van der Waals surface area contributed by atoms with Crippen molar-refractivity contribution < 1.29 is 14.3 Å². The maximum absolute atomic E-state index is 12.1. The van der Waals surface area contributed by atoms with Gasteiger partial charge in [-0.25, -0.2) is 4.79 Å². The number of hydrogen-bond acceptors (Lipinski definition) is 3. The van der Waals surface area contributed by atoms with Crippen LogP contribution in [0.4, 0.5) is 0 Å². The fourth-order valence-corrected chi connectivity index (χ4v) is 2.02. The fraction of sp³-hybridized carbons (Fsp3) is 0.0667. The SMILES string of the molecule is CC(=O)c1ccccc1C(=O)Oc1ccccc1Br. The second-order valence-electron chi connectivity index (χ2n) is 3.92. The summed E-state index contributed by atoms with van der Waals surface area (Å²) in [6.45, 7) is 1.42. The summed E-state index contributed by atoms with van der Waals surface area (Å²) in [5.41, 5.74) is 0.630. The molecule has 0 saturated heterocycles. The predicted molar refractivity (Wildman–Crippen MR) is 75.5 cm³/mol. The number of ketones is 1. The zero-order valence-corrected chi connectivity index (χ0v) is 11.8. The first kappa shape index (κ1) is 13.5. The second-order valence-corrected chi connectivity index (χ2v) is 4.78. The third-order valence-electron chi connectivity index (χ3n) is 2.57. The molecule has 0 saturated carbocycles. The van der Waals surface area contributed by atoms with Gasteiger partial charge in [-0.2, -0.15) is 0 Å². The molecule has 0 atom stereocenters. The molecule has 0 aliphatic carbocycles. The lowest BCUT2D eigenvalue weighted by molar-refractivity contribution is 0.0728. The van der Waals surface area contributed by atoms with Gasteiger partial charge in [0.25, 0.3) is 0 Å². The molecule has 0 aliphatic heterocycles. The van der Waals surface area contributed by atoms with Gasteiger partial charge in [-0.3, -0.25) is 4.79 Å². The van der Waals surface area contributed by atoms with Crippen molar-refractivity contribution in [3.05, 3.63) is 64.1 Å². The zero-order valence-electron chi connectivity index (χ0n) is 10.2. The Morgan fingerprint density at radius 3 is 2.16 bits per heavy atom. The molecule has 0 amide bonds. The van der Waals surface area contributed by atoms with Crippen LogP contribution in [0.25, 0.3) is 0 Å². The monoisotopic (exact) mass is 318 g/mol. The molecule has 0 aliphatic rings. The Morgan fingerprint density at radius 2 is 1.53 bits per heavy atom. The largest absolute Gasteiger partial charge is 0.422 e. The van der Waals surface area contributed by atoms with Crippen LogP contribution in [0.2, 0.25) is 0 Å². The van der Waals surface area contributed by atoms with Gasteiger partial charge in [0.1, 0.15) is 5.75 Å². The molecule has 2 aromatic rings. The van der Waals surface area contributed by atoms with E-state index in [4.69, 9.17) is 4.74 Å². The summed E-state index contributed by atoms with van der Waals surface area (Å²) >= 11 is 3.30. The van der Waals surface area contributed by atoms with E-state index < -0.39 is 5.97 Å². The topological polar surface area (TPSA) is 43.4 Å². The van der Waals surface area contributed by atoms with E-state index in [2.05, 4.69) is 15.9 Å². The number of benzene rings is 2. The Labute approximate surface area is 119 Å². The quantitative estimate of drug-likeness (QED) is 0.490. The van der Waals surface area contributed by atoms with Crippen molar-refractivity contribution in [3.8, 4) is 5.75 Å². The van der Waals surface area contributed by atoms with Crippen molar-refractivity contribution >= 4 is 27.7 Å². The number of Topliss-reactive ketones (excluding diaryl/α,β-unsaturated/α-hetero) is 1. The van der Waals surface area contributed by atoms with Gasteiger partial charge in [0.05, 0.1) is 10.0 Å². The van der Waals surface area contributed by atoms with Crippen LogP contribution in [-0.4, -0.2) is 11.8 Å². The van der Waals surface area contributed by atoms with E-state index in [1.165, 1.54) is 6.92 Å². The smallest absolute Gasteiger partial charge is 0.344 e. The lowest BCUT2D eigenvalue weighted by Crippen LogP contribution is -2.13. The van der Waals surface area contributed by atoms with Crippen LogP contribution in [0.3, 0.4) is 0 Å². The molecule has 0 unspecified atom stereocenters. The summed E-state index contributed by atoms with van der Waals surface area (Å²) in [6.07, 6.45) is 0. The first-order chi connectivity index (χ1) is 9.09. The minimum absolute atomic E-state index is 0.167. The Bertz CT molecular complexity index is 635. The standard InChI is InChI=1S/C15H11BrO3/c1-10(17)11-6-2-3-7-12(11)15(18)19-14-9-5-4-8-13(14)16/h2-9H,1H3. The van der Waals surface area contributed by atoms with Crippen LogP contribution < -0.4 is 4.74 Å². The summed E-state index contributed by atoms with van der Waals surface area (Å²) < 4.78 is 5.97. The van der Waals surface area contributed by atoms with Crippen molar-refractivity contribution in [3.63, 3.8) is 0 Å². The Kier molecular flexibility index (Phi) is 4.12. The highest BCUT2D eigenvalue weighted by Crippen LogP contribution is 2.25. The number of rotatable bonds is 3. The minimum Gasteiger partial charge on any atom is -0.422 e. The number of carbonyl (C=O) groups is 2. The van der Waals surface area contributed by atoms with Gasteiger partial charge in [-0.1, -0.05) is 30.3 Å². The summed E-state index contributed by atoms with van der Waals surface area (Å²) in [6, 6.07) is 13.6. The van der Waals surface area contributed by atoms with E-state index in [0.717, 1.165) is 0 Å². The normalized spacial score (nSPS) is 10.0. The lowest BCUT2D eigenvalue weighted by Gasteiger charge is -2.08. The van der Waals surface area contributed by atoms with Crippen LogP contribution in [0, 0.1) is 0 Å². The summed E-state index contributed by atoms with van der Waals surface area (Å²) in [4.78, 5) is 23.6. The summed E-state index contributed by atoms with van der Waals surface area (Å²) in [5, 5.41) is 0. The molecule has 2 rings (SSSR count). The van der Waals surface area contributed by atoms with Crippen LogP contribution in [0.1, 0.15) is 27.6 Å². The molecule has 4 heteroatoms. The molecule has 0 N–H and O–H groups in total. The molecule has 0 aromatic heterocycles. The van der Waals surface area contributed by atoms with E-state index in [1.54, 1.807) is 42.5 Å². The molecule has 3 nitrogen and oxygen atoms in total. The number of para-hydroxylation sites is 1. The molecule has 0 spiro atoms. The maximum atomic E-state index is 12.1. The number of halogens is 1. The first-order valence-corrected chi connectivity index (χ1v) is 6.45. The van der Waals surface area contributed by atoms with E-state index in [0.29, 0.717) is 15.8 Å². The van der Waals surface area contributed by atoms with Gasteiger partial charge in [-0.15, -0.1) is 0 Å². The number of hydrogen-bond donors (Lipinski definition) is 0. The number of esters is 1. The average Bonchev–Trinajstić information content (AvgIpc) is 2.41. The van der Waals surface area contributed by atoms with Gasteiger partial charge in [-0.05, 0) is 41.1 Å². The number of carbonyl (C=O) groups excluding carboxylic acids is 2. The highest BCUT2D eigenvalue weighted by Gasteiger charge is 2.16. The summed E-state index contributed by atoms with van der Waals surface area (Å²) in [7, 11) is 0. The average molecular weight is 319 g/mol. The van der Waals surface area contributed by atoms with Crippen molar-refractivity contribution in [2.75, 3.05) is 0 Å². The van der Waals surface area contributed by atoms with Crippen molar-refractivity contribution in [1.29, 1.82) is 0 Å².